The van der Waals surface area contributed by atoms with Gasteiger partial charge in [0.15, 0.2) is 11.6 Å². The van der Waals surface area contributed by atoms with E-state index in [4.69, 9.17) is 4.74 Å². The molecular formula is C14H18F3NO. The molecule has 1 aromatic rings. The van der Waals surface area contributed by atoms with Gasteiger partial charge in [0.1, 0.15) is 11.5 Å². The predicted molar refractivity (Wildman–Crippen MR) is 67.6 cm³/mol. The first-order chi connectivity index (χ1) is 9.10. The second kappa shape index (κ2) is 6.28. The standard InChI is InChI=1S/C14H18F3NO/c1-2-3-11-8-10(4-5-19-11)18-14-12(16)6-9(15)7-13(14)17/h6-7,10-11,18H,2-5,8H2,1H3. The van der Waals surface area contributed by atoms with E-state index in [0.29, 0.717) is 31.6 Å². The Morgan fingerprint density at radius 2 is 1.95 bits per heavy atom. The molecule has 1 saturated heterocycles. The quantitative estimate of drug-likeness (QED) is 0.899. The fourth-order valence-electron chi connectivity index (χ4n) is 2.42. The molecule has 0 spiro atoms. The van der Waals surface area contributed by atoms with Gasteiger partial charge in [-0.05, 0) is 19.3 Å². The van der Waals surface area contributed by atoms with Crippen LogP contribution in [0.2, 0.25) is 0 Å². The van der Waals surface area contributed by atoms with E-state index in [1.54, 1.807) is 0 Å². The van der Waals surface area contributed by atoms with Crippen LogP contribution < -0.4 is 5.32 Å². The number of nitrogens with one attached hydrogen (secondary N) is 1. The fourth-order valence-corrected chi connectivity index (χ4v) is 2.42. The lowest BCUT2D eigenvalue weighted by molar-refractivity contribution is 0.00588. The van der Waals surface area contributed by atoms with Crippen molar-refractivity contribution in [1.29, 1.82) is 0 Å². The summed E-state index contributed by atoms with van der Waals surface area (Å²) >= 11 is 0. The maximum absolute atomic E-state index is 13.5. The van der Waals surface area contributed by atoms with Crippen LogP contribution in [0.25, 0.3) is 0 Å². The van der Waals surface area contributed by atoms with Crippen molar-refractivity contribution in [3.8, 4) is 0 Å². The summed E-state index contributed by atoms with van der Waals surface area (Å²) in [7, 11) is 0. The van der Waals surface area contributed by atoms with E-state index < -0.39 is 17.5 Å². The Kier molecular flexibility index (Phi) is 4.69. The number of halogens is 3. The first kappa shape index (κ1) is 14.2. The average molecular weight is 273 g/mol. The highest BCUT2D eigenvalue weighted by Gasteiger charge is 2.24. The summed E-state index contributed by atoms with van der Waals surface area (Å²) in [5, 5.41) is 2.84. The van der Waals surface area contributed by atoms with Gasteiger partial charge in [0, 0.05) is 24.8 Å². The van der Waals surface area contributed by atoms with Gasteiger partial charge in [0.2, 0.25) is 0 Å². The molecule has 2 atom stereocenters. The van der Waals surface area contributed by atoms with Crippen LogP contribution in [0.15, 0.2) is 12.1 Å². The molecule has 1 fully saturated rings. The van der Waals surface area contributed by atoms with Gasteiger partial charge in [-0.2, -0.15) is 0 Å². The van der Waals surface area contributed by atoms with E-state index in [2.05, 4.69) is 12.2 Å². The maximum Gasteiger partial charge on any atom is 0.152 e. The van der Waals surface area contributed by atoms with Gasteiger partial charge in [0.25, 0.3) is 0 Å². The third-order valence-corrected chi connectivity index (χ3v) is 3.33. The molecular weight excluding hydrogens is 255 g/mol. The van der Waals surface area contributed by atoms with E-state index in [-0.39, 0.29) is 17.8 Å². The molecule has 5 heteroatoms. The normalized spacial score (nSPS) is 23.4. The SMILES string of the molecule is CCCC1CC(Nc2c(F)cc(F)cc2F)CCO1. The van der Waals surface area contributed by atoms with Gasteiger partial charge in [-0.3, -0.25) is 0 Å². The molecule has 1 heterocycles. The van der Waals surface area contributed by atoms with Gasteiger partial charge < -0.3 is 10.1 Å². The molecule has 1 aromatic carbocycles. The van der Waals surface area contributed by atoms with Crippen LogP contribution in [0, 0.1) is 17.5 Å². The molecule has 0 aromatic heterocycles. The Morgan fingerprint density at radius 3 is 2.58 bits per heavy atom. The Labute approximate surface area is 111 Å². The number of ether oxygens (including phenoxy) is 1. The summed E-state index contributed by atoms with van der Waals surface area (Å²) in [6.07, 6.45) is 3.48. The van der Waals surface area contributed by atoms with Gasteiger partial charge in [-0.15, -0.1) is 0 Å². The Hall–Kier alpha value is -1.23. The van der Waals surface area contributed by atoms with Crippen LogP contribution in [-0.2, 0) is 4.74 Å². The number of hydrogen-bond acceptors (Lipinski definition) is 2. The van der Waals surface area contributed by atoms with Crippen molar-refractivity contribution in [2.24, 2.45) is 0 Å². The molecule has 2 unspecified atom stereocenters. The minimum Gasteiger partial charge on any atom is -0.378 e. The molecule has 19 heavy (non-hydrogen) atoms. The summed E-state index contributed by atoms with van der Waals surface area (Å²) in [6, 6.07) is 1.34. The summed E-state index contributed by atoms with van der Waals surface area (Å²) in [5.41, 5.74) is -0.247. The van der Waals surface area contributed by atoms with Crippen molar-refractivity contribution in [3.63, 3.8) is 0 Å². The highest BCUT2D eigenvalue weighted by Crippen LogP contribution is 2.25. The van der Waals surface area contributed by atoms with E-state index in [9.17, 15) is 13.2 Å². The molecule has 0 bridgehead atoms. The van der Waals surface area contributed by atoms with Gasteiger partial charge in [-0.1, -0.05) is 13.3 Å². The van der Waals surface area contributed by atoms with Crippen LogP contribution in [0.1, 0.15) is 32.6 Å². The fraction of sp³-hybridized carbons (Fsp3) is 0.571. The minimum absolute atomic E-state index is 0.0419. The lowest BCUT2D eigenvalue weighted by Crippen LogP contribution is -2.34. The lowest BCUT2D eigenvalue weighted by Gasteiger charge is -2.30. The van der Waals surface area contributed by atoms with Crippen LogP contribution in [0.4, 0.5) is 18.9 Å². The monoisotopic (exact) mass is 273 g/mol. The van der Waals surface area contributed by atoms with Crippen molar-refractivity contribution < 1.29 is 17.9 Å². The molecule has 0 aliphatic carbocycles. The summed E-state index contributed by atoms with van der Waals surface area (Å²) in [4.78, 5) is 0. The predicted octanol–water partition coefficient (Wildman–Crippen LogP) is 3.86. The molecule has 0 radical (unpaired) electrons. The third kappa shape index (κ3) is 3.62. The van der Waals surface area contributed by atoms with Gasteiger partial charge in [0.05, 0.1) is 6.10 Å². The molecule has 2 rings (SSSR count). The molecule has 1 aliphatic rings. The van der Waals surface area contributed by atoms with Crippen molar-refractivity contribution >= 4 is 5.69 Å². The van der Waals surface area contributed by atoms with Crippen LogP contribution in [0.5, 0.6) is 0 Å². The van der Waals surface area contributed by atoms with Crippen LogP contribution in [0.3, 0.4) is 0 Å². The molecule has 0 saturated carbocycles. The zero-order valence-corrected chi connectivity index (χ0v) is 10.9. The molecule has 106 valence electrons. The van der Waals surface area contributed by atoms with Crippen LogP contribution >= 0.6 is 0 Å². The highest BCUT2D eigenvalue weighted by atomic mass is 19.1. The van der Waals surface area contributed by atoms with E-state index in [0.717, 1.165) is 12.8 Å². The smallest absolute Gasteiger partial charge is 0.152 e. The summed E-state index contributed by atoms with van der Waals surface area (Å²) in [6.45, 7) is 2.65. The second-order valence-electron chi connectivity index (χ2n) is 4.89. The highest BCUT2D eigenvalue weighted by molar-refractivity contribution is 5.47. The first-order valence-electron chi connectivity index (χ1n) is 6.62. The number of benzene rings is 1. The third-order valence-electron chi connectivity index (χ3n) is 3.33. The summed E-state index contributed by atoms with van der Waals surface area (Å²) < 4.78 is 45.5. The zero-order chi connectivity index (χ0) is 13.8. The van der Waals surface area contributed by atoms with Crippen molar-refractivity contribution in [2.75, 3.05) is 11.9 Å². The van der Waals surface area contributed by atoms with Gasteiger partial charge >= 0.3 is 0 Å². The Bertz CT molecular complexity index is 414. The van der Waals surface area contributed by atoms with E-state index >= 15 is 0 Å². The largest absolute Gasteiger partial charge is 0.378 e. The molecule has 2 nitrogen and oxygen atoms in total. The second-order valence-corrected chi connectivity index (χ2v) is 4.89. The molecule has 0 amide bonds. The Balaban J connectivity index is 2.04. The van der Waals surface area contributed by atoms with Gasteiger partial charge in [-0.25, -0.2) is 13.2 Å². The number of rotatable bonds is 4. The minimum atomic E-state index is -0.906. The maximum atomic E-state index is 13.5. The van der Waals surface area contributed by atoms with E-state index in [1.165, 1.54) is 0 Å². The van der Waals surface area contributed by atoms with Crippen LogP contribution in [-0.4, -0.2) is 18.8 Å². The average Bonchev–Trinajstić information content (AvgIpc) is 2.35. The zero-order valence-electron chi connectivity index (χ0n) is 10.9. The van der Waals surface area contributed by atoms with E-state index in [1.807, 2.05) is 0 Å². The Morgan fingerprint density at radius 1 is 1.26 bits per heavy atom. The van der Waals surface area contributed by atoms with Crippen molar-refractivity contribution in [1.82, 2.24) is 0 Å². The first-order valence-corrected chi connectivity index (χ1v) is 6.62. The lowest BCUT2D eigenvalue weighted by atomic mass is 10.00. The van der Waals surface area contributed by atoms with Crippen molar-refractivity contribution in [2.45, 2.75) is 44.8 Å². The van der Waals surface area contributed by atoms with Crippen molar-refractivity contribution in [3.05, 3.63) is 29.6 Å². The molecule has 1 N–H and O–H groups in total. The number of hydrogen-bond donors (Lipinski definition) is 1. The summed E-state index contributed by atoms with van der Waals surface area (Å²) in [5.74, 6) is -2.69. The topological polar surface area (TPSA) is 21.3 Å². The number of anilines is 1. The molecule has 1 aliphatic heterocycles.